The highest BCUT2D eigenvalue weighted by Crippen LogP contribution is 2.27. The molecule has 2 amide bonds. The minimum atomic E-state index is -0.447. The molecule has 1 aliphatic carbocycles. The van der Waals surface area contributed by atoms with Gasteiger partial charge in [0, 0.05) is 33.0 Å². The lowest BCUT2D eigenvalue weighted by molar-refractivity contribution is -0.129. The second-order valence-corrected chi connectivity index (χ2v) is 7.40. The van der Waals surface area contributed by atoms with Gasteiger partial charge in [-0.15, -0.1) is 0 Å². The molecule has 0 spiro atoms. The number of nitrogens with zero attached hydrogens (tertiary/aromatic N) is 3. The normalized spacial score (nSPS) is 18.3. The van der Waals surface area contributed by atoms with Crippen LogP contribution in [-0.4, -0.2) is 38.7 Å². The van der Waals surface area contributed by atoms with Gasteiger partial charge >= 0.3 is 5.69 Å². The van der Waals surface area contributed by atoms with Crippen molar-refractivity contribution in [1.82, 2.24) is 25.0 Å². The van der Waals surface area contributed by atoms with Crippen LogP contribution in [0.3, 0.4) is 0 Å². The van der Waals surface area contributed by atoms with Crippen LogP contribution < -0.4 is 16.3 Å². The van der Waals surface area contributed by atoms with E-state index in [1.54, 1.807) is 4.57 Å². The van der Waals surface area contributed by atoms with E-state index in [9.17, 15) is 14.4 Å². The molecule has 8 heteroatoms. The van der Waals surface area contributed by atoms with Gasteiger partial charge in [0.2, 0.25) is 11.8 Å². The molecule has 1 unspecified atom stereocenters. The number of nitrogens with one attached hydrogen (secondary N) is 2. The molecule has 1 saturated carbocycles. The molecule has 8 nitrogen and oxygen atoms in total. The zero-order valence-corrected chi connectivity index (χ0v) is 15.5. The number of aryl methyl sites for hydroxylation is 2. The Hall–Kier alpha value is -2.12. The molecule has 0 bridgehead atoms. The fourth-order valence-electron chi connectivity index (χ4n) is 4.05. The molecule has 1 fully saturated rings. The van der Waals surface area contributed by atoms with Gasteiger partial charge in [-0.3, -0.25) is 14.2 Å². The molecule has 1 aliphatic heterocycles. The van der Waals surface area contributed by atoms with Gasteiger partial charge in [-0.05, 0) is 38.0 Å². The summed E-state index contributed by atoms with van der Waals surface area (Å²) in [5.74, 6) is 0.800. The molecule has 2 N–H and O–H groups in total. The van der Waals surface area contributed by atoms with Crippen molar-refractivity contribution in [2.45, 2.75) is 77.4 Å². The molecule has 1 aromatic rings. The minimum Gasteiger partial charge on any atom is -0.354 e. The summed E-state index contributed by atoms with van der Waals surface area (Å²) >= 11 is 0. The van der Waals surface area contributed by atoms with Crippen LogP contribution in [0.4, 0.5) is 0 Å². The van der Waals surface area contributed by atoms with Crippen molar-refractivity contribution in [3.63, 3.8) is 0 Å². The van der Waals surface area contributed by atoms with Gasteiger partial charge in [0.05, 0.1) is 0 Å². The Morgan fingerprint density at radius 2 is 2.00 bits per heavy atom. The lowest BCUT2D eigenvalue weighted by Gasteiger charge is -2.23. The van der Waals surface area contributed by atoms with Crippen LogP contribution in [-0.2, 0) is 29.1 Å². The van der Waals surface area contributed by atoms with Gasteiger partial charge in [0.1, 0.15) is 11.9 Å². The topological polar surface area (TPSA) is 98.0 Å². The van der Waals surface area contributed by atoms with Crippen LogP contribution in [0.15, 0.2) is 4.79 Å². The maximum absolute atomic E-state index is 12.5. The third-order valence-electron chi connectivity index (χ3n) is 5.39. The average Bonchev–Trinajstić information content (AvgIpc) is 3.25. The highest BCUT2D eigenvalue weighted by Gasteiger charge is 2.31. The van der Waals surface area contributed by atoms with E-state index in [1.165, 1.54) is 11.6 Å². The Kier molecular flexibility index (Phi) is 6.11. The second kappa shape index (κ2) is 8.51. The van der Waals surface area contributed by atoms with E-state index < -0.39 is 6.04 Å². The molecule has 2 heterocycles. The number of aromatic nitrogens is 3. The summed E-state index contributed by atoms with van der Waals surface area (Å²) in [7, 11) is 0. The van der Waals surface area contributed by atoms with Crippen LogP contribution in [0.25, 0.3) is 0 Å². The summed E-state index contributed by atoms with van der Waals surface area (Å²) in [6, 6.07) is -0.447. The van der Waals surface area contributed by atoms with E-state index in [2.05, 4.69) is 15.7 Å². The van der Waals surface area contributed by atoms with Crippen LogP contribution in [0.1, 0.15) is 57.7 Å². The van der Waals surface area contributed by atoms with Crippen LogP contribution >= 0.6 is 0 Å². The number of fused-ring (bicyclic) bond motifs is 1. The molecule has 26 heavy (non-hydrogen) atoms. The molecular weight excluding hydrogens is 334 g/mol. The molecule has 144 valence electrons. The van der Waals surface area contributed by atoms with Crippen molar-refractivity contribution in [3.8, 4) is 0 Å². The molecule has 0 aromatic carbocycles. The predicted octanol–water partition coefficient (Wildman–Crippen LogP) is 0.582. The van der Waals surface area contributed by atoms with E-state index in [1.807, 2.05) is 0 Å². The molecule has 2 aliphatic rings. The summed E-state index contributed by atoms with van der Waals surface area (Å²) in [6.07, 6.45) is 7.79. The maximum Gasteiger partial charge on any atom is 0.345 e. The largest absolute Gasteiger partial charge is 0.354 e. The van der Waals surface area contributed by atoms with Gasteiger partial charge in [-0.1, -0.05) is 12.8 Å². The number of rotatable bonds is 7. The summed E-state index contributed by atoms with van der Waals surface area (Å²) < 4.78 is 3.27. The first-order chi connectivity index (χ1) is 12.6. The Balaban J connectivity index is 1.49. The van der Waals surface area contributed by atoms with Gasteiger partial charge < -0.3 is 10.6 Å². The van der Waals surface area contributed by atoms with E-state index >= 15 is 0 Å². The first-order valence-corrected chi connectivity index (χ1v) is 9.77. The molecule has 1 atom stereocenters. The number of carbonyl (C=O) groups excluding carboxylic acids is 2. The van der Waals surface area contributed by atoms with Gasteiger partial charge in [0.15, 0.2) is 0 Å². The third-order valence-corrected chi connectivity index (χ3v) is 5.39. The third kappa shape index (κ3) is 4.34. The summed E-state index contributed by atoms with van der Waals surface area (Å²) in [6.45, 7) is 3.16. The monoisotopic (exact) mass is 363 g/mol. The van der Waals surface area contributed by atoms with E-state index in [4.69, 9.17) is 0 Å². The molecule has 1 aromatic heterocycles. The molecule has 3 rings (SSSR count). The average molecular weight is 363 g/mol. The van der Waals surface area contributed by atoms with Crippen molar-refractivity contribution >= 4 is 11.8 Å². The first kappa shape index (κ1) is 18.7. The van der Waals surface area contributed by atoms with Crippen molar-refractivity contribution in [1.29, 1.82) is 0 Å². The van der Waals surface area contributed by atoms with Gasteiger partial charge in [0.25, 0.3) is 0 Å². The fourth-order valence-corrected chi connectivity index (χ4v) is 4.05. The number of carbonyl (C=O) groups is 2. The highest BCUT2D eigenvalue weighted by atomic mass is 16.2. The smallest absolute Gasteiger partial charge is 0.345 e. The van der Waals surface area contributed by atoms with Crippen molar-refractivity contribution < 1.29 is 9.59 Å². The zero-order valence-electron chi connectivity index (χ0n) is 15.5. The molecular formula is C18H29N5O3. The van der Waals surface area contributed by atoms with E-state index in [0.29, 0.717) is 19.5 Å². The number of hydrogen-bond donors (Lipinski definition) is 2. The van der Waals surface area contributed by atoms with Crippen molar-refractivity contribution in [2.24, 2.45) is 5.92 Å². The van der Waals surface area contributed by atoms with Crippen LogP contribution in [0.2, 0.25) is 0 Å². The Labute approximate surface area is 153 Å². The second-order valence-electron chi connectivity index (χ2n) is 7.40. The Bertz CT molecular complexity index is 702. The lowest BCUT2D eigenvalue weighted by Crippen LogP contribution is -2.50. The quantitative estimate of drug-likeness (QED) is 0.693. The van der Waals surface area contributed by atoms with Gasteiger partial charge in [-0.25, -0.2) is 9.48 Å². The van der Waals surface area contributed by atoms with Crippen molar-refractivity contribution in [3.05, 3.63) is 16.3 Å². The number of amides is 2. The summed E-state index contributed by atoms with van der Waals surface area (Å²) in [4.78, 5) is 36.2. The standard InChI is InChI=1S/C18H29N5O3/c1-13(24)20-16(14-7-2-3-8-14)17(25)19-10-6-12-23-18(26)22-11-5-4-9-15(22)21-23/h14,16H,2-12H2,1H3,(H,19,25)(H,20,24). The van der Waals surface area contributed by atoms with Crippen LogP contribution in [0, 0.1) is 5.92 Å². The van der Waals surface area contributed by atoms with Crippen LogP contribution in [0.5, 0.6) is 0 Å². The van der Waals surface area contributed by atoms with E-state index in [-0.39, 0.29) is 23.4 Å². The predicted molar refractivity (Wildman–Crippen MR) is 96.6 cm³/mol. The van der Waals surface area contributed by atoms with Crippen molar-refractivity contribution in [2.75, 3.05) is 6.54 Å². The molecule has 0 saturated heterocycles. The summed E-state index contributed by atoms with van der Waals surface area (Å²) in [5.41, 5.74) is -0.0481. The summed E-state index contributed by atoms with van der Waals surface area (Å²) in [5, 5.41) is 10.1. The Morgan fingerprint density at radius 1 is 1.23 bits per heavy atom. The molecule has 0 radical (unpaired) electrons. The zero-order chi connectivity index (χ0) is 18.5. The first-order valence-electron chi connectivity index (χ1n) is 9.77. The number of hydrogen-bond acceptors (Lipinski definition) is 4. The van der Waals surface area contributed by atoms with Gasteiger partial charge in [-0.2, -0.15) is 5.10 Å². The maximum atomic E-state index is 12.5. The highest BCUT2D eigenvalue weighted by molar-refractivity contribution is 5.87. The SMILES string of the molecule is CC(=O)NC(C(=O)NCCCn1nc2n(c1=O)CCCC2)C1CCCC1. The van der Waals surface area contributed by atoms with E-state index in [0.717, 1.165) is 57.3 Å². The fraction of sp³-hybridized carbons (Fsp3) is 0.778. The minimum absolute atomic E-state index is 0.0481. The Morgan fingerprint density at radius 3 is 2.69 bits per heavy atom. The lowest BCUT2D eigenvalue weighted by atomic mass is 9.97.